The van der Waals surface area contributed by atoms with Crippen molar-refractivity contribution in [3.8, 4) is 0 Å². The van der Waals surface area contributed by atoms with Gasteiger partial charge in [0.25, 0.3) is 0 Å². The fraction of sp³-hybridized carbons (Fsp3) is 0.800. The molecule has 0 saturated heterocycles. The summed E-state index contributed by atoms with van der Waals surface area (Å²) in [6.45, 7) is 3.59. The van der Waals surface area contributed by atoms with Crippen LogP contribution in [0.1, 0.15) is 20.3 Å². The SMILES string of the molecule is CC[C@@](C)(N)C=O. The monoisotopic (exact) mass is 101 g/mol. The second-order valence-electron chi connectivity index (χ2n) is 1.98. The number of rotatable bonds is 2. The number of hydrogen-bond donors (Lipinski definition) is 1. The molecule has 0 heterocycles. The van der Waals surface area contributed by atoms with Crippen LogP contribution >= 0.6 is 0 Å². The van der Waals surface area contributed by atoms with Gasteiger partial charge in [0, 0.05) is 0 Å². The molecule has 0 rings (SSSR count). The summed E-state index contributed by atoms with van der Waals surface area (Å²) in [7, 11) is 0. The Morgan fingerprint density at radius 3 is 2.29 bits per heavy atom. The van der Waals surface area contributed by atoms with Crippen molar-refractivity contribution < 1.29 is 4.79 Å². The van der Waals surface area contributed by atoms with Crippen LogP contribution in [0.25, 0.3) is 0 Å². The minimum atomic E-state index is -0.597. The molecule has 0 fully saturated rings. The molecule has 0 aliphatic rings. The molecule has 2 N–H and O–H groups in total. The van der Waals surface area contributed by atoms with E-state index in [9.17, 15) is 4.79 Å². The van der Waals surface area contributed by atoms with Crippen molar-refractivity contribution in [3.63, 3.8) is 0 Å². The summed E-state index contributed by atoms with van der Waals surface area (Å²) in [6, 6.07) is 0. The van der Waals surface area contributed by atoms with Crippen LogP contribution in [-0.4, -0.2) is 11.8 Å². The molecule has 0 unspecified atom stereocenters. The van der Waals surface area contributed by atoms with E-state index in [2.05, 4.69) is 0 Å². The molecule has 42 valence electrons. The molecule has 2 nitrogen and oxygen atoms in total. The van der Waals surface area contributed by atoms with Gasteiger partial charge in [-0.15, -0.1) is 0 Å². The zero-order chi connectivity index (χ0) is 5.91. The minimum Gasteiger partial charge on any atom is -0.319 e. The molecule has 0 amide bonds. The van der Waals surface area contributed by atoms with Gasteiger partial charge in [-0.25, -0.2) is 0 Å². The molecule has 0 aromatic heterocycles. The molecule has 0 aromatic carbocycles. The lowest BCUT2D eigenvalue weighted by molar-refractivity contribution is -0.111. The van der Waals surface area contributed by atoms with Gasteiger partial charge < -0.3 is 10.5 Å². The molecule has 0 bridgehead atoms. The van der Waals surface area contributed by atoms with E-state index in [0.29, 0.717) is 6.42 Å². The lowest BCUT2D eigenvalue weighted by Crippen LogP contribution is -2.36. The predicted molar refractivity (Wildman–Crippen MR) is 28.9 cm³/mol. The summed E-state index contributed by atoms with van der Waals surface area (Å²) in [5.74, 6) is 0. The second kappa shape index (κ2) is 2.07. The second-order valence-corrected chi connectivity index (χ2v) is 1.98. The van der Waals surface area contributed by atoms with Crippen LogP contribution in [0.4, 0.5) is 0 Å². The van der Waals surface area contributed by atoms with Gasteiger partial charge in [-0.3, -0.25) is 0 Å². The molecule has 1 atom stereocenters. The lowest BCUT2D eigenvalue weighted by Gasteiger charge is -2.11. The first kappa shape index (κ1) is 6.63. The third-order valence-electron chi connectivity index (χ3n) is 1.03. The number of carbonyl (C=O) groups is 1. The lowest BCUT2D eigenvalue weighted by atomic mass is 10.0. The smallest absolute Gasteiger partial charge is 0.139 e. The summed E-state index contributed by atoms with van der Waals surface area (Å²) < 4.78 is 0. The van der Waals surface area contributed by atoms with E-state index >= 15 is 0 Å². The molecule has 0 aliphatic heterocycles. The number of carbonyl (C=O) groups excluding carboxylic acids is 1. The van der Waals surface area contributed by atoms with Crippen molar-refractivity contribution in [2.75, 3.05) is 0 Å². The zero-order valence-electron chi connectivity index (χ0n) is 4.77. The Morgan fingerprint density at radius 1 is 1.86 bits per heavy atom. The van der Waals surface area contributed by atoms with Crippen molar-refractivity contribution in [2.24, 2.45) is 5.73 Å². The van der Waals surface area contributed by atoms with E-state index in [1.54, 1.807) is 6.92 Å². The fourth-order valence-corrected chi connectivity index (χ4v) is 0.0833. The number of nitrogens with two attached hydrogens (primary N) is 1. The van der Waals surface area contributed by atoms with Gasteiger partial charge in [-0.2, -0.15) is 0 Å². The van der Waals surface area contributed by atoms with Gasteiger partial charge in [-0.1, -0.05) is 6.92 Å². The van der Waals surface area contributed by atoms with Crippen LogP contribution in [0, 0.1) is 0 Å². The van der Waals surface area contributed by atoms with Gasteiger partial charge >= 0.3 is 0 Å². The maximum Gasteiger partial charge on any atom is 0.139 e. The van der Waals surface area contributed by atoms with Crippen molar-refractivity contribution in [1.29, 1.82) is 0 Å². The minimum absolute atomic E-state index is 0.597. The van der Waals surface area contributed by atoms with Crippen molar-refractivity contribution in [3.05, 3.63) is 0 Å². The molecular formula is C5H11NO. The molecule has 0 radical (unpaired) electrons. The van der Waals surface area contributed by atoms with Gasteiger partial charge in [0.2, 0.25) is 0 Å². The van der Waals surface area contributed by atoms with Crippen LogP contribution in [0.5, 0.6) is 0 Å². The van der Waals surface area contributed by atoms with Gasteiger partial charge in [0.05, 0.1) is 5.54 Å². The Bertz CT molecular complexity index is 68.5. The number of aldehydes is 1. The molecule has 0 spiro atoms. The Balaban J connectivity index is 3.58. The summed E-state index contributed by atoms with van der Waals surface area (Å²) in [6.07, 6.45) is 1.48. The third kappa shape index (κ3) is 2.34. The Morgan fingerprint density at radius 2 is 2.29 bits per heavy atom. The highest BCUT2D eigenvalue weighted by Crippen LogP contribution is 1.97. The van der Waals surface area contributed by atoms with Gasteiger partial charge in [-0.05, 0) is 13.3 Å². The van der Waals surface area contributed by atoms with E-state index in [0.717, 1.165) is 6.29 Å². The quantitative estimate of drug-likeness (QED) is 0.509. The normalized spacial score (nSPS) is 18.1. The molecule has 7 heavy (non-hydrogen) atoms. The average molecular weight is 101 g/mol. The average Bonchev–Trinajstić information content (AvgIpc) is 1.68. The summed E-state index contributed by atoms with van der Waals surface area (Å²) >= 11 is 0. The van der Waals surface area contributed by atoms with Gasteiger partial charge in [0.1, 0.15) is 6.29 Å². The van der Waals surface area contributed by atoms with Crippen LogP contribution in [0.2, 0.25) is 0 Å². The zero-order valence-corrected chi connectivity index (χ0v) is 4.77. The Hall–Kier alpha value is -0.370. The molecule has 0 aromatic rings. The van der Waals surface area contributed by atoms with Crippen molar-refractivity contribution >= 4 is 6.29 Å². The summed E-state index contributed by atoms with van der Waals surface area (Å²) in [5.41, 5.74) is 4.75. The van der Waals surface area contributed by atoms with Gasteiger partial charge in [0.15, 0.2) is 0 Å². The predicted octanol–water partition coefficient (Wildman–Crippen LogP) is 0.313. The van der Waals surface area contributed by atoms with Crippen molar-refractivity contribution in [2.45, 2.75) is 25.8 Å². The van der Waals surface area contributed by atoms with Crippen molar-refractivity contribution in [1.82, 2.24) is 0 Å². The van der Waals surface area contributed by atoms with E-state index in [1.807, 2.05) is 6.92 Å². The van der Waals surface area contributed by atoms with Crippen LogP contribution in [0.15, 0.2) is 0 Å². The van der Waals surface area contributed by atoms with E-state index in [-0.39, 0.29) is 0 Å². The highest BCUT2D eigenvalue weighted by atomic mass is 16.1. The summed E-state index contributed by atoms with van der Waals surface area (Å²) in [5, 5.41) is 0. The summed E-state index contributed by atoms with van der Waals surface area (Å²) in [4.78, 5) is 9.93. The highest BCUT2D eigenvalue weighted by molar-refractivity contribution is 5.62. The first-order valence-corrected chi connectivity index (χ1v) is 2.37. The topological polar surface area (TPSA) is 43.1 Å². The van der Waals surface area contributed by atoms with Crippen LogP contribution in [-0.2, 0) is 4.79 Å². The molecule has 2 heteroatoms. The molecular weight excluding hydrogens is 90.1 g/mol. The van der Waals surface area contributed by atoms with Crippen LogP contribution < -0.4 is 5.73 Å². The maximum absolute atomic E-state index is 9.93. The van der Waals surface area contributed by atoms with E-state index in [1.165, 1.54) is 0 Å². The van der Waals surface area contributed by atoms with E-state index in [4.69, 9.17) is 5.73 Å². The first-order chi connectivity index (χ1) is 3.12. The molecule has 0 aliphatic carbocycles. The van der Waals surface area contributed by atoms with Crippen LogP contribution in [0.3, 0.4) is 0 Å². The number of hydrogen-bond acceptors (Lipinski definition) is 2. The Kier molecular flexibility index (Phi) is 1.96. The fourth-order valence-electron chi connectivity index (χ4n) is 0.0833. The standard InChI is InChI=1S/C5H11NO/c1-3-5(2,6)4-7/h4H,3,6H2,1-2H3/t5-/m1/s1. The maximum atomic E-state index is 9.93. The molecule has 0 saturated carbocycles. The highest BCUT2D eigenvalue weighted by Gasteiger charge is 2.11. The Labute approximate surface area is 43.7 Å². The largest absolute Gasteiger partial charge is 0.319 e. The van der Waals surface area contributed by atoms with E-state index < -0.39 is 5.54 Å². The first-order valence-electron chi connectivity index (χ1n) is 2.37. The third-order valence-corrected chi connectivity index (χ3v) is 1.03.